The van der Waals surface area contributed by atoms with Gasteiger partial charge in [0.25, 0.3) is 0 Å². The number of nitrogen functional groups attached to an aromatic ring is 1. The normalized spacial score (nSPS) is 14.0. The molecule has 7 heteroatoms. The first-order valence-corrected chi connectivity index (χ1v) is 10.7. The molecule has 0 unspecified atom stereocenters. The van der Waals surface area contributed by atoms with Crippen LogP contribution in [-0.2, 0) is 26.1 Å². The van der Waals surface area contributed by atoms with E-state index in [1.54, 1.807) is 23.5 Å². The van der Waals surface area contributed by atoms with Gasteiger partial charge >= 0.3 is 0 Å². The van der Waals surface area contributed by atoms with Gasteiger partial charge in [-0.1, -0.05) is 30.3 Å². The third-order valence-corrected chi connectivity index (χ3v) is 6.39. The number of ether oxygens (including phenoxy) is 1. The summed E-state index contributed by atoms with van der Waals surface area (Å²) in [5.41, 5.74) is 8.91. The van der Waals surface area contributed by atoms with Crippen molar-refractivity contribution < 1.29 is 9.13 Å². The molecule has 0 atom stereocenters. The number of anilines is 1. The molecule has 152 valence electrons. The van der Waals surface area contributed by atoms with Gasteiger partial charge in [-0.3, -0.25) is 4.90 Å². The second-order valence-corrected chi connectivity index (χ2v) is 8.48. The Labute approximate surface area is 178 Å². The Morgan fingerprint density at radius 3 is 2.67 bits per heavy atom. The van der Waals surface area contributed by atoms with Crippen LogP contribution in [0.1, 0.15) is 21.8 Å². The van der Waals surface area contributed by atoms with E-state index in [4.69, 9.17) is 15.5 Å². The minimum atomic E-state index is -0.297. The van der Waals surface area contributed by atoms with Crippen molar-refractivity contribution in [3.8, 4) is 5.75 Å². The van der Waals surface area contributed by atoms with Crippen molar-refractivity contribution >= 4 is 27.4 Å². The Morgan fingerprint density at radius 1 is 1.07 bits per heavy atom. The number of fused-ring (bicyclic) bond motifs is 3. The number of hydrogen-bond donors (Lipinski definition) is 1. The van der Waals surface area contributed by atoms with E-state index in [9.17, 15) is 4.39 Å². The van der Waals surface area contributed by atoms with Crippen LogP contribution in [0.4, 0.5) is 10.2 Å². The SMILES string of the molecule is Nc1nc(COc2ccc(F)cc2)nc2sc3c(c12)CCN(Cc1ccccc1)C3. The fourth-order valence-corrected chi connectivity index (χ4v) is 5.13. The molecule has 0 aliphatic carbocycles. The van der Waals surface area contributed by atoms with E-state index >= 15 is 0 Å². The van der Waals surface area contributed by atoms with Gasteiger partial charge in [0.05, 0.1) is 5.39 Å². The topological polar surface area (TPSA) is 64.3 Å². The first kappa shape index (κ1) is 19.0. The first-order valence-electron chi connectivity index (χ1n) is 9.87. The molecular weight excluding hydrogens is 399 g/mol. The number of halogens is 1. The van der Waals surface area contributed by atoms with Crippen LogP contribution >= 0.6 is 11.3 Å². The molecule has 4 aromatic rings. The molecule has 3 heterocycles. The number of aromatic nitrogens is 2. The zero-order valence-electron chi connectivity index (χ0n) is 16.3. The molecular formula is C23H21FN4OS. The lowest BCUT2D eigenvalue weighted by molar-refractivity contribution is 0.249. The summed E-state index contributed by atoms with van der Waals surface area (Å²) < 4.78 is 18.7. The third-order valence-electron chi connectivity index (χ3n) is 5.28. The highest BCUT2D eigenvalue weighted by atomic mass is 32.1. The minimum absolute atomic E-state index is 0.189. The van der Waals surface area contributed by atoms with Gasteiger partial charge in [0.1, 0.15) is 28.8 Å². The standard InChI is InChI=1S/C23H21FN4OS/c24-16-6-8-17(9-7-16)29-14-20-26-22(25)21-18-10-11-28(12-15-4-2-1-3-5-15)13-19(18)30-23(21)27-20/h1-9H,10-14H2,(H2,25,26,27). The Bertz CT molecular complexity index is 1180. The number of rotatable bonds is 5. The van der Waals surface area contributed by atoms with Crippen LogP contribution in [0.2, 0.25) is 0 Å². The maximum Gasteiger partial charge on any atom is 0.169 e. The van der Waals surface area contributed by atoms with Crippen LogP contribution in [0, 0.1) is 5.82 Å². The number of nitrogens with two attached hydrogens (primary N) is 1. The number of hydrogen-bond acceptors (Lipinski definition) is 6. The van der Waals surface area contributed by atoms with Crippen molar-refractivity contribution in [1.29, 1.82) is 0 Å². The summed E-state index contributed by atoms with van der Waals surface area (Å²) in [6.07, 6.45) is 0.946. The van der Waals surface area contributed by atoms with Gasteiger partial charge in [-0.2, -0.15) is 0 Å². The zero-order valence-corrected chi connectivity index (χ0v) is 17.2. The van der Waals surface area contributed by atoms with Crippen molar-refractivity contribution in [3.63, 3.8) is 0 Å². The quantitative estimate of drug-likeness (QED) is 0.513. The number of nitrogens with zero attached hydrogens (tertiary/aromatic N) is 3. The van der Waals surface area contributed by atoms with Gasteiger partial charge in [0.15, 0.2) is 5.82 Å². The van der Waals surface area contributed by atoms with Gasteiger partial charge in [0, 0.05) is 24.5 Å². The molecule has 2 aromatic heterocycles. The molecule has 2 aromatic carbocycles. The predicted molar refractivity (Wildman–Crippen MR) is 117 cm³/mol. The van der Waals surface area contributed by atoms with Crippen LogP contribution in [0.25, 0.3) is 10.2 Å². The molecule has 2 N–H and O–H groups in total. The smallest absolute Gasteiger partial charge is 0.169 e. The maximum absolute atomic E-state index is 13.0. The molecule has 0 bridgehead atoms. The van der Waals surface area contributed by atoms with Crippen molar-refractivity contribution in [2.75, 3.05) is 12.3 Å². The summed E-state index contributed by atoms with van der Waals surface area (Å²) in [6, 6.07) is 16.4. The second-order valence-electron chi connectivity index (χ2n) is 7.40. The fraction of sp³-hybridized carbons (Fsp3) is 0.217. The minimum Gasteiger partial charge on any atom is -0.486 e. The molecule has 5 nitrogen and oxygen atoms in total. The highest BCUT2D eigenvalue weighted by molar-refractivity contribution is 7.19. The van der Waals surface area contributed by atoms with E-state index in [2.05, 4.69) is 34.1 Å². The van der Waals surface area contributed by atoms with E-state index < -0.39 is 0 Å². The molecule has 0 spiro atoms. The fourth-order valence-electron chi connectivity index (χ4n) is 3.84. The van der Waals surface area contributed by atoms with Crippen molar-refractivity contribution in [3.05, 3.63) is 82.2 Å². The van der Waals surface area contributed by atoms with Crippen LogP contribution < -0.4 is 10.5 Å². The lowest BCUT2D eigenvalue weighted by atomic mass is 10.0. The zero-order chi connectivity index (χ0) is 20.5. The van der Waals surface area contributed by atoms with Gasteiger partial charge in [-0.15, -0.1) is 11.3 Å². The summed E-state index contributed by atoms with van der Waals surface area (Å²) >= 11 is 1.69. The Morgan fingerprint density at radius 2 is 1.87 bits per heavy atom. The van der Waals surface area contributed by atoms with E-state index in [0.717, 1.165) is 36.3 Å². The van der Waals surface area contributed by atoms with Gasteiger partial charge < -0.3 is 10.5 Å². The Balaban J connectivity index is 1.35. The van der Waals surface area contributed by atoms with Gasteiger partial charge in [-0.05, 0) is 41.8 Å². The van der Waals surface area contributed by atoms with Crippen LogP contribution in [-0.4, -0.2) is 21.4 Å². The van der Waals surface area contributed by atoms with Crippen LogP contribution in [0.5, 0.6) is 5.75 Å². The predicted octanol–water partition coefficient (Wildman–Crippen LogP) is 4.55. The summed E-state index contributed by atoms with van der Waals surface area (Å²) in [4.78, 5) is 13.8. The van der Waals surface area contributed by atoms with E-state index in [0.29, 0.717) is 17.4 Å². The number of benzene rings is 2. The Hall–Kier alpha value is -3.03. The molecule has 0 amide bonds. The van der Waals surface area contributed by atoms with Gasteiger partial charge in [0.2, 0.25) is 0 Å². The summed E-state index contributed by atoms with van der Waals surface area (Å²) in [7, 11) is 0. The van der Waals surface area contributed by atoms with Crippen LogP contribution in [0.15, 0.2) is 54.6 Å². The average Bonchev–Trinajstić information content (AvgIpc) is 3.12. The highest BCUT2D eigenvalue weighted by Crippen LogP contribution is 2.37. The number of thiophene rings is 1. The van der Waals surface area contributed by atoms with Crippen LogP contribution in [0.3, 0.4) is 0 Å². The summed E-state index contributed by atoms with van der Waals surface area (Å²) in [5.74, 6) is 1.31. The summed E-state index contributed by atoms with van der Waals surface area (Å²) in [5, 5.41) is 0.986. The molecule has 1 aliphatic heterocycles. The van der Waals surface area contributed by atoms with E-state index in [1.165, 1.54) is 28.1 Å². The van der Waals surface area contributed by atoms with E-state index in [1.807, 2.05) is 6.07 Å². The van der Waals surface area contributed by atoms with E-state index in [-0.39, 0.29) is 12.4 Å². The summed E-state index contributed by atoms with van der Waals surface area (Å²) in [6.45, 7) is 3.01. The first-order chi connectivity index (χ1) is 14.7. The molecule has 1 aliphatic rings. The molecule has 30 heavy (non-hydrogen) atoms. The molecule has 5 rings (SSSR count). The lowest BCUT2D eigenvalue weighted by Gasteiger charge is -2.26. The second kappa shape index (κ2) is 8.01. The monoisotopic (exact) mass is 420 g/mol. The van der Waals surface area contributed by atoms with Crippen molar-refractivity contribution in [2.24, 2.45) is 0 Å². The third kappa shape index (κ3) is 3.86. The molecule has 0 radical (unpaired) electrons. The average molecular weight is 421 g/mol. The molecule has 0 saturated carbocycles. The molecule has 0 saturated heterocycles. The molecule has 0 fully saturated rings. The van der Waals surface area contributed by atoms with Crippen molar-refractivity contribution in [1.82, 2.24) is 14.9 Å². The maximum atomic E-state index is 13.0. The Kier molecular flexibility index (Phi) is 5.06. The van der Waals surface area contributed by atoms with Crippen molar-refractivity contribution in [2.45, 2.75) is 26.1 Å². The lowest BCUT2D eigenvalue weighted by Crippen LogP contribution is -2.29. The largest absolute Gasteiger partial charge is 0.486 e. The van der Waals surface area contributed by atoms with Gasteiger partial charge in [-0.25, -0.2) is 14.4 Å². The highest BCUT2D eigenvalue weighted by Gasteiger charge is 2.24.